The van der Waals surface area contributed by atoms with Gasteiger partial charge >= 0.3 is 0 Å². The Bertz CT molecular complexity index is 1190. The molecular formula is C29H39N5O3. The van der Waals surface area contributed by atoms with E-state index in [1.54, 1.807) is 6.26 Å². The second-order valence-electron chi connectivity index (χ2n) is 11.0. The normalized spacial score (nSPS) is 18.1. The predicted octanol–water partition coefficient (Wildman–Crippen LogP) is 4.20. The van der Waals surface area contributed by atoms with Gasteiger partial charge in [0.15, 0.2) is 0 Å². The summed E-state index contributed by atoms with van der Waals surface area (Å²) in [5.41, 5.74) is 2.32. The molecule has 5 rings (SSSR count). The summed E-state index contributed by atoms with van der Waals surface area (Å²) in [5.74, 6) is 3.22. The van der Waals surface area contributed by atoms with Crippen LogP contribution in [0.15, 0.2) is 41.0 Å². The van der Waals surface area contributed by atoms with Crippen molar-refractivity contribution in [3.05, 3.63) is 53.7 Å². The van der Waals surface area contributed by atoms with Crippen LogP contribution in [0.25, 0.3) is 11.0 Å². The maximum absolute atomic E-state index is 13.0. The minimum absolute atomic E-state index is 0.0387. The van der Waals surface area contributed by atoms with E-state index in [0.717, 1.165) is 81.0 Å². The van der Waals surface area contributed by atoms with Gasteiger partial charge in [0.05, 0.1) is 23.8 Å². The number of aromatic amines is 1. The Morgan fingerprint density at radius 1 is 1.05 bits per heavy atom. The molecule has 0 atom stereocenters. The van der Waals surface area contributed by atoms with Gasteiger partial charge < -0.3 is 24.5 Å². The van der Waals surface area contributed by atoms with Crippen molar-refractivity contribution in [3.8, 4) is 0 Å². The predicted molar refractivity (Wildman–Crippen MR) is 143 cm³/mol. The van der Waals surface area contributed by atoms with Crippen LogP contribution in [-0.2, 0) is 11.2 Å². The molecule has 1 aromatic carbocycles. The van der Waals surface area contributed by atoms with Gasteiger partial charge in [-0.1, -0.05) is 19.9 Å². The lowest BCUT2D eigenvalue weighted by molar-refractivity contribution is -0.132. The number of hydrogen-bond donors (Lipinski definition) is 2. The summed E-state index contributed by atoms with van der Waals surface area (Å²) in [6, 6.07) is 9.44. The number of piperidine rings is 2. The number of carbonyl (C=O) groups excluding carboxylic acids is 2. The first kappa shape index (κ1) is 25.5. The summed E-state index contributed by atoms with van der Waals surface area (Å²) in [4.78, 5) is 38.0. The highest BCUT2D eigenvalue weighted by molar-refractivity contribution is 6.04. The van der Waals surface area contributed by atoms with E-state index in [1.807, 2.05) is 35.2 Å². The molecule has 0 bridgehead atoms. The monoisotopic (exact) mass is 505 g/mol. The third-order valence-electron chi connectivity index (χ3n) is 7.97. The summed E-state index contributed by atoms with van der Waals surface area (Å²) in [5, 5.41) is 3.17. The van der Waals surface area contributed by atoms with Crippen LogP contribution in [0.4, 0.5) is 0 Å². The third kappa shape index (κ3) is 6.24. The number of nitrogens with one attached hydrogen (secondary N) is 2. The largest absolute Gasteiger partial charge is 0.469 e. The van der Waals surface area contributed by atoms with Gasteiger partial charge in [0.2, 0.25) is 5.91 Å². The highest BCUT2D eigenvalue weighted by Gasteiger charge is 2.27. The van der Waals surface area contributed by atoms with Crippen molar-refractivity contribution in [2.24, 2.45) is 11.8 Å². The van der Waals surface area contributed by atoms with Crippen LogP contribution in [0, 0.1) is 11.8 Å². The summed E-state index contributed by atoms with van der Waals surface area (Å²) in [6.45, 7) is 9.84. The Balaban J connectivity index is 1.03. The van der Waals surface area contributed by atoms with E-state index >= 15 is 0 Å². The van der Waals surface area contributed by atoms with Crippen molar-refractivity contribution >= 4 is 22.8 Å². The lowest BCUT2D eigenvalue weighted by Gasteiger charge is -2.37. The van der Waals surface area contributed by atoms with Crippen molar-refractivity contribution in [2.45, 2.75) is 51.9 Å². The van der Waals surface area contributed by atoms with Crippen LogP contribution in [0.2, 0.25) is 0 Å². The van der Waals surface area contributed by atoms with E-state index in [2.05, 4.69) is 34.0 Å². The number of H-pyrrole nitrogens is 1. The fourth-order valence-corrected chi connectivity index (χ4v) is 5.62. The number of nitrogens with zero attached hydrogens (tertiary/aromatic N) is 3. The zero-order chi connectivity index (χ0) is 25.8. The molecule has 0 radical (unpaired) electrons. The Hall–Kier alpha value is -3.13. The van der Waals surface area contributed by atoms with Gasteiger partial charge in [0.1, 0.15) is 17.1 Å². The maximum Gasteiger partial charge on any atom is 0.253 e. The van der Waals surface area contributed by atoms with Crippen molar-refractivity contribution in [1.82, 2.24) is 25.1 Å². The van der Waals surface area contributed by atoms with Gasteiger partial charge in [-0.3, -0.25) is 9.59 Å². The van der Waals surface area contributed by atoms with E-state index in [1.165, 1.54) is 0 Å². The smallest absolute Gasteiger partial charge is 0.253 e. The molecule has 2 fully saturated rings. The van der Waals surface area contributed by atoms with Crippen LogP contribution in [0.5, 0.6) is 0 Å². The molecule has 2 saturated heterocycles. The number of para-hydroxylation sites is 1. The molecule has 8 heteroatoms. The van der Waals surface area contributed by atoms with Gasteiger partial charge in [-0.2, -0.15) is 0 Å². The topological polar surface area (TPSA) is 94.5 Å². The van der Waals surface area contributed by atoms with E-state index in [9.17, 15) is 9.59 Å². The Labute approximate surface area is 218 Å². The van der Waals surface area contributed by atoms with Crippen molar-refractivity contribution in [3.63, 3.8) is 0 Å². The first-order valence-corrected chi connectivity index (χ1v) is 13.8. The average Bonchev–Trinajstić information content (AvgIpc) is 3.58. The minimum atomic E-state index is -0.0387. The van der Waals surface area contributed by atoms with Gasteiger partial charge in [-0.15, -0.1) is 0 Å². The average molecular weight is 506 g/mol. The van der Waals surface area contributed by atoms with Gasteiger partial charge in [0, 0.05) is 32.1 Å². The molecular weight excluding hydrogens is 466 g/mol. The van der Waals surface area contributed by atoms with Gasteiger partial charge in [-0.05, 0) is 74.9 Å². The first-order chi connectivity index (χ1) is 18.0. The fourth-order valence-electron chi connectivity index (χ4n) is 5.62. The molecule has 0 spiro atoms. The second-order valence-corrected chi connectivity index (χ2v) is 11.0. The van der Waals surface area contributed by atoms with E-state index in [0.29, 0.717) is 30.4 Å². The zero-order valence-corrected chi connectivity index (χ0v) is 22.0. The molecule has 198 valence electrons. The second kappa shape index (κ2) is 11.5. The molecule has 2 aliphatic heterocycles. The lowest BCUT2D eigenvalue weighted by atomic mass is 9.92. The number of rotatable bonds is 8. The Kier molecular flexibility index (Phi) is 7.93. The number of imidazole rings is 1. The SMILES string of the molecule is CC(C)c1nc2c(C(=O)NCC3CCN(CC4CCN(C(=O)Cc5ccco5)CC4)CC3)cccc2[nH]1. The summed E-state index contributed by atoms with van der Waals surface area (Å²) < 4.78 is 5.32. The number of likely N-dealkylation sites (tertiary alicyclic amines) is 2. The third-order valence-corrected chi connectivity index (χ3v) is 7.97. The number of carbonyl (C=O) groups is 2. The highest BCUT2D eigenvalue weighted by atomic mass is 16.3. The van der Waals surface area contributed by atoms with Crippen LogP contribution < -0.4 is 5.32 Å². The van der Waals surface area contributed by atoms with Crippen LogP contribution in [0.3, 0.4) is 0 Å². The molecule has 3 aromatic rings. The van der Waals surface area contributed by atoms with Crippen molar-refractivity contribution < 1.29 is 14.0 Å². The molecule has 37 heavy (non-hydrogen) atoms. The standard InChI is InChI=1S/C29H39N5O3/c1-20(2)28-31-25-7-3-6-24(27(25)32-28)29(36)30-18-21-8-12-33(13-9-21)19-22-10-14-34(15-11-22)26(35)17-23-5-4-16-37-23/h3-7,16,20-22H,8-15,17-19H2,1-2H3,(H,30,36)(H,31,32). The number of amides is 2. The van der Waals surface area contributed by atoms with Crippen LogP contribution in [0.1, 0.15) is 67.4 Å². The molecule has 2 aliphatic rings. The molecule has 0 saturated carbocycles. The maximum atomic E-state index is 13.0. The molecule has 4 heterocycles. The lowest BCUT2D eigenvalue weighted by Crippen LogP contribution is -2.44. The van der Waals surface area contributed by atoms with Crippen LogP contribution in [-0.4, -0.2) is 70.9 Å². The van der Waals surface area contributed by atoms with Crippen LogP contribution >= 0.6 is 0 Å². The van der Waals surface area contributed by atoms with Crippen molar-refractivity contribution in [2.75, 3.05) is 39.3 Å². The van der Waals surface area contributed by atoms with E-state index < -0.39 is 0 Å². The van der Waals surface area contributed by atoms with Gasteiger partial charge in [0.25, 0.3) is 5.91 Å². The molecule has 2 aromatic heterocycles. The minimum Gasteiger partial charge on any atom is -0.469 e. The van der Waals surface area contributed by atoms with E-state index in [-0.39, 0.29) is 17.7 Å². The molecule has 8 nitrogen and oxygen atoms in total. The van der Waals surface area contributed by atoms with Crippen molar-refractivity contribution in [1.29, 1.82) is 0 Å². The Morgan fingerprint density at radius 3 is 2.51 bits per heavy atom. The number of furan rings is 1. The van der Waals surface area contributed by atoms with E-state index in [4.69, 9.17) is 4.42 Å². The first-order valence-electron chi connectivity index (χ1n) is 13.8. The summed E-state index contributed by atoms with van der Waals surface area (Å²) in [7, 11) is 0. The number of fused-ring (bicyclic) bond motifs is 1. The number of benzene rings is 1. The van der Waals surface area contributed by atoms with Gasteiger partial charge in [-0.25, -0.2) is 4.98 Å². The zero-order valence-electron chi connectivity index (χ0n) is 22.0. The Morgan fingerprint density at radius 2 is 1.81 bits per heavy atom. The quantitative estimate of drug-likeness (QED) is 0.479. The molecule has 0 aliphatic carbocycles. The number of hydrogen-bond acceptors (Lipinski definition) is 5. The number of aromatic nitrogens is 2. The fraction of sp³-hybridized carbons (Fsp3) is 0.552. The highest BCUT2D eigenvalue weighted by Crippen LogP contribution is 2.24. The molecule has 0 unspecified atom stereocenters. The summed E-state index contributed by atoms with van der Waals surface area (Å²) in [6.07, 6.45) is 6.32. The molecule has 2 N–H and O–H groups in total. The molecule has 2 amide bonds. The summed E-state index contributed by atoms with van der Waals surface area (Å²) >= 11 is 0.